The molecule has 26 heavy (non-hydrogen) atoms. The lowest BCUT2D eigenvalue weighted by Gasteiger charge is -2.09. The van der Waals surface area contributed by atoms with E-state index in [9.17, 15) is 5.11 Å². The maximum atomic E-state index is 10.4. The van der Waals surface area contributed by atoms with Gasteiger partial charge in [-0.25, -0.2) is 15.0 Å². The molecule has 0 saturated heterocycles. The molecule has 0 unspecified atom stereocenters. The lowest BCUT2D eigenvalue weighted by atomic mass is 10.0. The quantitative estimate of drug-likeness (QED) is 0.661. The molecule has 0 atom stereocenters. The number of hydrogen-bond acceptors (Lipinski definition) is 5. The van der Waals surface area contributed by atoms with Crippen LogP contribution in [-0.2, 0) is 6.42 Å². The molecule has 3 rings (SSSR count). The lowest BCUT2D eigenvalue weighted by molar-refractivity contribution is 0.284. The van der Waals surface area contributed by atoms with E-state index in [1.165, 1.54) is 11.9 Å². The fourth-order valence-corrected chi connectivity index (χ4v) is 2.98. The standard InChI is InChI=1S/C21H23N3O2/c1-14-6-8-17(15(2)11-14)20-22-13-23-21(24-20)18-9-7-16(12-19(18)26)5-3-4-10-25/h6-9,11-13,25-26H,3-5,10H2,1-2H3. The van der Waals surface area contributed by atoms with E-state index in [-0.39, 0.29) is 12.4 Å². The summed E-state index contributed by atoms with van der Waals surface area (Å²) in [6, 6.07) is 11.7. The number of phenols is 1. The molecule has 0 aliphatic carbocycles. The van der Waals surface area contributed by atoms with E-state index in [2.05, 4.69) is 27.9 Å². The number of hydrogen-bond donors (Lipinski definition) is 2. The Kier molecular flexibility index (Phi) is 5.58. The van der Waals surface area contributed by atoms with Gasteiger partial charge in [0.2, 0.25) is 0 Å². The third-order valence-corrected chi connectivity index (χ3v) is 4.37. The molecule has 5 nitrogen and oxygen atoms in total. The van der Waals surface area contributed by atoms with E-state index < -0.39 is 0 Å². The second-order valence-electron chi connectivity index (χ2n) is 6.48. The molecule has 0 saturated carbocycles. The smallest absolute Gasteiger partial charge is 0.167 e. The first-order chi connectivity index (χ1) is 12.6. The maximum absolute atomic E-state index is 10.4. The molecule has 1 aromatic heterocycles. The molecule has 2 aromatic carbocycles. The van der Waals surface area contributed by atoms with Gasteiger partial charge in [-0.1, -0.05) is 29.8 Å². The van der Waals surface area contributed by atoms with Crippen molar-refractivity contribution in [3.05, 3.63) is 59.4 Å². The fraction of sp³-hybridized carbons (Fsp3) is 0.286. The summed E-state index contributed by atoms with van der Waals surface area (Å²) in [5.41, 5.74) is 4.87. The molecular formula is C21H23N3O2. The minimum absolute atomic E-state index is 0.157. The number of nitrogens with zero attached hydrogens (tertiary/aromatic N) is 3. The molecule has 0 aliphatic rings. The van der Waals surface area contributed by atoms with Crippen molar-refractivity contribution in [3.8, 4) is 28.5 Å². The van der Waals surface area contributed by atoms with E-state index in [0.717, 1.165) is 36.0 Å². The zero-order valence-corrected chi connectivity index (χ0v) is 15.1. The van der Waals surface area contributed by atoms with E-state index in [0.29, 0.717) is 17.2 Å². The molecule has 1 heterocycles. The summed E-state index contributed by atoms with van der Waals surface area (Å²) in [7, 11) is 0. The third-order valence-electron chi connectivity index (χ3n) is 4.37. The van der Waals surface area contributed by atoms with Gasteiger partial charge >= 0.3 is 0 Å². The van der Waals surface area contributed by atoms with E-state index in [4.69, 9.17) is 5.11 Å². The first-order valence-electron chi connectivity index (χ1n) is 8.78. The number of aryl methyl sites for hydroxylation is 3. The SMILES string of the molecule is Cc1ccc(-c2ncnc(-c3ccc(CCCCO)cc3O)n2)c(C)c1. The molecule has 0 amide bonds. The number of unbranched alkanes of at least 4 members (excludes halogenated alkanes) is 1. The molecule has 0 radical (unpaired) electrons. The van der Waals surface area contributed by atoms with Crippen molar-refractivity contribution in [2.75, 3.05) is 6.61 Å². The fourth-order valence-electron chi connectivity index (χ4n) is 2.98. The molecule has 134 valence electrons. The summed E-state index contributed by atoms with van der Waals surface area (Å²) in [5.74, 6) is 1.21. The Morgan fingerprint density at radius 3 is 2.31 bits per heavy atom. The first-order valence-corrected chi connectivity index (χ1v) is 8.78. The van der Waals surface area contributed by atoms with Gasteiger partial charge in [0.05, 0.1) is 5.56 Å². The van der Waals surface area contributed by atoms with Crippen LogP contribution in [0.1, 0.15) is 29.5 Å². The Balaban J connectivity index is 1.90. The number of aromatic nitrogens is 3. The first kappa shape index (κ1) is 18.0. The number of aromatic hydroxyl groups is 1. The Labute approximate surface area is 153 Å². The van der Waals surface area contributed by atoms with Crippen LogP contribution < -0.4 is 0 Å². The van der Waals surface area contributed by atoms with Gasteiger partial charge in [0.1, 0.15) is 12.1 Å². The molecule has 0 bridgehead atoms. The number of rotatable bonds is 6. The van der Waals surface area contributed by atoms with Gasteiger partial charge in [-0.2, -0.15) is 0 Å². The van der Waals surface area contributed by atoms with E-state index in [1.807, 2.05) is 31.2 Å². The highest BCUT2D eigenvalue weighted by Gasteiger charge is 2.12. The van der Waals surface area contributed by atoms with E-state index in [1.54, 1.807) is 6.07 Å². The van der Waals surface area contributed by atoms with Crippen LogP contribution in [0.25, 0.3) is 22.8 Å². The molecule has 2 N–H and O–H groups in total. The summed E-state index contributed by atoms with van der Waals surface area (Å²) in [4.78, 5) is 13.1. The molecular weight excluding hydrogens is 326 g/mol. The normalized spacial score (nSPS) is 10.9. The van der Waals surface area contributed by atoms with Crippen molar-refractivity contribution >= 4 is 0 Å². The molecule has 0 spiro atoms. The highest BCUT2D eigenvalue weighted by molar-refractivity contribution is 5.67. The second kappa shape index (κ2) is 8.06. The van der Waals surface area contributed by atoms with Crippen molar-refractivity contribution < 1.29 is 10.2 Å². The van der Waals surface area contributed by atoms with Crippen LogP contribution in [0.5, 0.6) is 5.75 Å². The average molecular weight is 349 g/mol. The van der Waals surface area contributed by atoms with Crippen LogP contribution in [0.15, 0.2) is 42.7 Å². The summed E-state index contributed by atoms with van der Waals surface area (Å²) in [5, 5.41) is 19.3. The lowest BCUT2D eigenvalue weighted by Crippen LogP contribution is -1.97. The zero-order valence-electron chi connectivity index (χ0n) is 15.1. The summed E-state index contributed by atoms with van der Waals surface area (Å²) in [6.45, 7) is 4.27. The van der Waals surface area contributed by atoms with Gasteiger partial charge < -0.3 is 10.2 Å². The van der Waals surface area contributed by atoms with Crippen LogP contribution >= 0.6 is 0 Å². The Morgan fingerprint density at radius 2 is 1.62 bits per heavy atom. The van der Waals surface area contributed by atoms with Crippen molar-refractivity contribution in [2.45, 2.75) is 33.1 Å². The Bertz CT molecular complexity index is 910. The predicted molar refractivity (Wildman–Crippen MR) is 102 cm³/mol. The van der Waals surface area contributed by atoms with Crippen molar-refractivity contribution in [3.63, 3.8) is 0 Å². The van der Waals surface area contributed by atoms with Crippen LogP contribution in [0.3, 0.4) is 0 Å². The van der Waals surface area contributed by atoms with Crippen LogP contribution in [0.4, 0.5) is 0 Å². The summed E-state index contributed by atoms with van der Waals surface area (Å²) >= 11 is 0. The second-order valence-corrected chi connectivity index (χ2v) is 6.48. The van der Waals surface area contributed by atoms with E-state index >= 15 is 0 Å². The Morgan fingerprint density at radius 1 is 0.885 bits per heavy atom. The molecule has 5 heteroatoms. The molecule has 0 aliphatic heterocycles. The van der Waals surface area contributed by atoms with Crippen molar-refractivity contribution in [2.24, 2.45) is 0 Å². The number of aliphatic hydroxyl groups is 1. The van der Waals surface area contributed by atoms with Crippen LogP contribution in [-0.4, -0.2) is 31.8 Å². The van der Waals surface area contributed by atoms with Crippen LogP contribution in [0, 0.1) is 13.8 Å². The highest BCUT2D eigenvalue weighted by atomic mass is 16.3. The number of phenolic OH excluding ortho intramolecular Hbond substituents is 1. The van der Waals surface area contributed by atoms with Gasteiger partial charge in [0, 0.05) is 12.2 Å². The molecule has 0 fully saturated rings. The average Bonchev–Trinajstić information content (AvgIpc) is 2.62. The number of benzene rings is 2. The minimum Gasteiger partial charge on any atom is -0.507 e. The van der Waals surface area contributed by atoms with Gasteiger partial charge in [0.25, 0.3) is 0 Å². The topological polar surface area (TPSA) is 79.1 Å². The van der Waals surface area contributed by atoms with Crippen LogP contribution in [0.2, 0.25) is 0 Å². The highest BCUT2D eigenvalue weighted by Crippen LogP contribution is 2.29. The van der Waals surface area contributed by atoms with Crippen molar-refractivity contribution in [1.82, 2.24) is 15.0 Å². The van der Waals surface area contributed by atoms with Gasteiger partial charge in [-0.05, 0) is 56.4 Å². The van der Waals surface area contributed by atoms with Gasteiger partial charge in [-0.3, -0.25) is 0 Å². The van der Waals surface area contributed by atoms with Crippen molar-refractivity contribution in [1.29, 1.82) is 0 Å². The largest absolute Gasteiger partial charge is 0.507 e. The third kappa shape index (κ3) is 4.06. The predicted octanol–water partition coefficient (Wildman–Crippen LogP) is 3.84. The molecule has 3 aromatic rings. The number of aliphatic hydroxyl groups excluding tert-OH is 1. The zero-order chi connectivity index (χ0) is 18.5. The summed E-state index contributed by atoms with van der Waals surface area (Å²) < 4.78 is 0. The monoisotopic (exact) mass is 349 g/mol. The van der Waals surface area contributed by atoms with Gasteiger partial charge in [0.15, 0.2) is 11.6 Å². The van der Waals surface area contributed by atoms with Gasteiger partial charge in [-0.15, -0.1) is 0 Å². The maximum Gasteiger partial charge on any atom is 0.167 e. The minimum atomic E-state index is 0.157. The summed E-state index contributed by atoms with van der Waals surface area (Å²) in [6.07, 6.45) is 3.94. The Hall–Kier alpha value is -2.79.